The Hall–Kier alpha value is 0.250. The number of alkyl halides is 1. The normalized spacial score (nSPS) is 24.0. The van der Waals surface area contributed by atoms with Crippen LogP contribution in [0, 0.1) is 11.3 Å². The summed E-state index contributed by atoms with van der Waals surface area (Å²) in [6.07, 6.45) is 5.24. The highest BCUT2D eigenvalue weighted by atomic mass is 35.5. The van der Waals surface area contributed by atoms with Crippen molar-refractivity contribution in [2.75, 3.05) is 25.5 Å². The van der Waals surface area contributed by atoms with E-state index in [1.807, 2.05) is 0 Å². The lowest BCUT2D eigenvalue weighted by atomic mass is 9.84. The van der Waals surface area contributed by atoms with Crippen LogP contribution in [0.5, 0.6) is 0 Å². The summed E-state index contributed by atoms with van der Waals surface area (Å²) in [6.45, 7) is 10.9. The smallest absolute Gasteiger partial charge is 0.0225 e. The van der Waals surface area contributed by atoms with Gasteiger partial charge in [0.05, 0.1) is 0 Å². The molecule has 0 amide bonds. The Bertz CT molecular complexity index is 179. The molecule has 0 aromatic heterocycles. The lowest BCUT2D eigenvalue weighted by Crippen LogP contribution is -2.40. The number of rotatable bonds is 5. The summed E-state index contributed by atoms with van der Waals surface area (Å²) in [4.78, 5) is 2.63. The maximum Gasteiger partial charge on any atom is 0.0225 e. The second kappa shape index (κ2) is 6.10. The van der Waals surface area contributed by atoms with Gasteiger partial charge in [-0.25, -0.2) is 0 Å². The molecule has 0 spiro atoms. The van der Waals surface area contributed by atoms with Crippen LogP contribution in [0.4, 0.5) is 0 Å². The minimum atomic E-state index is 0.536. The Labute approximate surface area is 100 Å². The van der Waals surface area contributed by atoms with Crippen molar-refractivity contribution in [3.05, 3.63) is 0 Å². The van der Waals surface area contributed by atoms with Crippen LogP contribution in [0.15, 0.2) is 0 Å². The van der Waals surface area contributed by atoms with Gasteiger partial charge in [0.15, 0.2) is 0 Å². The average molecular weight is 232 g/mol. The SMILES string of the molecule is CC(CCCl)CCN1CCCC(C)(C)C1. The van der Waals surface area contributed by atoms with E-state index in [1.54, 1.807) is 0 Å². The summed E-state index contributed by atoms with van der Waals surface area (Å²) < 4.78 is 0. The third-order valence-corrected chi connectivity index (χ3v) is 3.74. The van der Waals surface area contributed by atoms with Crippen LogP contribution in [0.25, 0.3) is 0 Å². The minimum absolute atomic E-state index is 0.536. The van der Waals surface area contributed by atoms with Crippen LogP contribution in [0.3, 0.4) is 0 Å². The van der Waals surface area contributed by atoms with Gasteiger partial charge in [0.1, 0.15) is 0 Å². The number of hydrogen-bond acceptors (Lipinski definition) is 1. The second-order valence-electron chi connectivity index (χ2n) is 5.92. The summed E-state index contributed by atoms with van der Waals surface area (Å²) in [6, 6.07) is 0. The molecular weight excluding hydrogens is 206 g/mol. The quantitative estimate of drug-likeness (QED) is 0.652. The lowest BCUT2D eigenvalue weighted by Gasteiger charge is -2.38. The van der Waals surface area contributed by atoms with E-state index < -0.39 is 0 Å². The first kappa shape index (κ1) is 13.3. The maximum absolute atomic E-state index is 5.75. The van der Waals surface area contributed by atoms with E-state index in [0.717, 1.165) is 11.8 Å². The molecule has 90 valence electrons. The van der Waals surface area contributed by atoms with Crippen molar-refractivity contribution in [1.29, 1.82) is 0 Å². The van der Waals surface area contributed by atoms with Crippen LogP contribution in [-0.4, -0.2) is 30.4 Å². The number of halogens is 1. The predicted octanol–water partition coefficient (Wildman–Crippen LogP) is 3.76. The summed E-state index contributed by atoms with van der Waals surface area (Å²) in [7, 11) is 0. The molecule has 0 radical (unpaired) electrons. The Morgan fingerprint density at radius 1 is 1.33 bits per heavy atom. The highest BCUT2D eigenvalue weighted by molar-refractivity contribution is 6.17. The van der Waals surface area contributed by atoms with Gasteiger partial charge in [-0.3, -0.25) is 0 Å². The van der Waals surface area contributed by atoms with E-state index in [4.69, 9.17) is 11.6 Å². The van der Waals surface area contributed by atoms with Crippen LogP contribution >= 0.6 is 11.6 Å². The number of hydrogen-bond donors (Lipinski definition) is 0. The summed E-state index contributed by atoms with van der Waals surface area (Å²) in [5.74, 6) is 1.60. The fraction of sp³-hybridized carbons (Fsp3) is 1.00. The van der Waals surface area contributed by atoms with Crippen molar-refractivity contribution < 1.29 is 0 Å². The molecule has 1 atom stereocenters. The molecule has 1 unspecified atom stereocenters. The largest absolute Gasteiger partial charge is 0.303 e. The van der Waals surface area contributed by atoms with Crippen molar-refractivity contribution in [2.45, 2.75) is 46.5 Å². The van der Waals surface area contributed by atoms with Crippen LogP contribution in [-0.2, 0) is 0 Å². The number of nitrogens with zero attached hydrogens (tertiary/aromatic N) is 1. The molecule has 0 aromatic carbocycles. The first-order valence-corrected chi connectivity index (χ1v) is 6.85. The monoisotopic (exact) mass is 231 g/mol. The predicted molar refractivity (Wildman–Crippen MR) is 68.6 cm³/mol. The molecule has 1 nitrogen and oxygen atoms in total. The summed E-state index contributed by atoms with van der Waals surface area (Å²) >= 11 is 5.75. The van der Waals surface area contributed by atoms with Gasteiger partial charge in [-0.1, -0.05) is 20.8 Å². The Morgan fingerprint density at radius 2 is 2.07 bits per heavy atom. The highest BCUT2D eigenvalue weighted by Crippen LogP contribution is 2.28. The molecule has 0 N–H and O–H groups in total. The van der Waals surface area contributed by atoms with Crippen LogP contribution in [0.1, 0.15) is 46.5 Å². The Kier molecular flexibility index (Phi) is 5.42. The first-order valence-electron chi connectivity index (χ1n) is 6.32. The summed E-state index contributed by atoms with van der Waals surface area (Å²) in [5, 5.41) is 0. The molecule has 1 saturated heterocycles. The third-order valence-electron chi connectivity index (χ3n) is 3.52. The molecule has 0 saturated carbocycles. The van der Waals surface area contributed by atoms with Crippen molar-refractivity contribution in [2.24, 2.45) is 11.3 Å². The standard InChI is InChI=1S/C13H26ClN/c1-12(5-8-14)6-10-15-9-4-7-13(2,3)11-15/h12H,4-11H2,1-3H3. The van der Waals surface area contributed by atoms with E-state index >= 15 is 0 Å². The zero-order valence-electron chi connectivity index (χ0n) is 10.6. The van der Waals surface area contributed by atoms with E-state index in [-0.39, 0.29) is 0 Å². The zero-order chi connectivity index (χ0) is 11.3. The van der Waals surface area contributed by atoms with Crippen molar-refractivity contribution >= 4 is 11.6 Å². The van der Waals surface area contributed by atoms with Gasteiger partial charge in [-0.2, -0.15) is 0 Å². The van der Waals surface area contributed by atoms with E-state index in [0.29, 0.717) is 5.41 Å². The van der Waals surface area contributed by atoms with Gasteiger partial charge in [-0.05, 0) is 50.1 Å². The zero-order valence-corrected chi connectivity index (χ0v) is 11.3. The van der Waals surface area contributed by atoms with Crippen molar-refractivity contribution in [3.8, 4) is 0 Å². The number of piperidine rings is 1. The molecule has 1 heterocycles. The molecule has 2 heteroatoms. The lowest BCUT2D eigenvalue weighted by molar-refractivity contribution is 0.112. The van der Waals surface area contributed by atoms with Gasteiger partial charge in [-0.15, -0.1) is 11.6 Å². The fourth-order valence-corrected chi connectivity index (χ4v) is 2.84. The molecule has 0 bridgehead atoms. The van der Waals surface area contributed by atoms with Crippen molar-refractivity contribution in [3.63, 3.8) is 0 Å². The first-order chi connectivity index (χ1) is 7.03. The van der Waals surface area contributed by atoms with E-state index in [1.165, 1.54) is 45.3 Å². The topological polar surface area (TPSA) is 3.24 Å². The molecule has 1 aliphatic heterocycles. The minimum Gasteiger partial charge on any atom is -0.303 e. The van der Waals surface area contributed by atoms with Gasteiger partial charge < -0.3 is 4.90 Å². The van der Waals surface area contributed by atoms with E-state index in [2.05, 4.69) is 25.7 Å². The van der Waals surface area contributed by atoms with Gasteiger partial charge >= 0.3 is 0 Å². The molecule has 1 rings (SSSR count). The number of likely N-dealkylation sites (tertiary alicyclic amines) is 1. The molecule has 1 fully saturated rings. The van der Waals surface area contributed by atoms with Gasteiger partial charge in [0, 0.05) is 12.4 Å². The molecule has 0 aliphatic carbocycles. The average Bonchev–Trinajstić information content (AvgIpc) is 2.14. The third kappa shape index (κ3) is 5.21. The Morgan fingerprint density at radius 3 is 2.67 bits per heavy atom. The molecular formula is C13H26ClN. The van der Waals surface area contributed by atoms with Gasteiger partial charge in [0.2, 0.25) is 0 Å². The maximum atomic E-state index is 5.75. The van der Waals surface area contributed by atoms with Gasteiger partial charge in [0.25, 0.3) is 0 Å². The second-order valence-corrected chi connectivity index (χ2v) is 6.29. The molecule has 15 heavy (non-hydrogen) atoms. The summed E-state index contributed by atoms with van der Waals surface area (Å²) in [5.41, 5.74) is 0.536. The van der Waals surface area contributed by atoms with E-state index in [9.17, 15) is 0 Å². The van der Waals surface area contributed by atoms with Crippen LogP contribution < -0.4 is 0 Å². The van der Waals surface area contributed by atoms with Crippen LogP contribution in [0.2, 0.25) is 0 Å². The molecule has 1 aliphatic rings. The fourth-order valence-electron chi connectivity index (χ4n) is 2.47. The highest BCUT2D eigenvalue weighted by Gasteiger charge is 2.25. The molecule has 0 aromatic rings. The van der Waals surface area contributed by atoms with Crippen molar-refractivity contribution in [1.82, 2.24) is 4.90 Å². The Balaban J connectivity index is 2.21.